The first kappa shape index (κ1) is 20.3. The molecular formula is C12H26O4S2. The van der Waals surface area contributed by atoms with Gasteiger partial charge in [0, 0.05) is 11.2 Å². The summed E-state index contributed by atoms with van der Waals surface area (Å²) in [5.74, 6) is 0.897. The highest BCUT2D eigenvalue weighted by Gasteiger charge is 2.25. The molecule has 0 aliphatic carbocycles. The minimum absolute atomic E-state index is 0.142. The summed E-state index contributed by atoms with van der Waals surface area (Å²) in [5.41, 5.74) is -0.142. The zero-order chi connectivity index (χ0) is 15.0. The van der Waals surface area contributed by atoms with E-state index in [-0.39, 0.29) is 22.1 Å². The first-order valence-corrected chi connectivity index (χ1v) is 9.70. The Hall–Kier alpha value is -0.0700. The lowest BCUT2D eigenvalue weighted by Crippen LogP contribution is -2.27. The molecule has 0 aromatic heterocycles. The molecule has 4 nitrogen and oxygen atoms in total. The van der Waals surface area contributed by atoms with E-state index in [0.29, 0.717) is 12.2 Å². The molecule has 18 heavy (non-hydrogen) atoms. The number of unbranched alkanes of at least 4 members (excludes halogenated alkanes) is 1. The van der Waals surface area contributed by atoms with E-state index in [0.717, 1.165) is 12.2 Å². The summed E-state index contributed by atoms with van der Waals surface area (Å²) in [4.78, 5) is 11.3. The van der Waals surface area contributed by atoms with E-state index < -0.39 is 10.1 Å². The van der Waals surface area contributed by atoms with Crippen LogP contribution in [0.25, 0.3) is 0 Å². The number of Topliss-reactive ketones (excluding diaryl/α,β-unsaturated/α-hetero) is 1. The molecule has 6 heteroatoms. The lowest BCUT2D eigenvalue weighted by molar-refractivity contribution is -0.123. The molecule has 0 heterocycles. The Balaban J connectivity index is 0. The molecule has 0 atom stereocenters. The molecule has 0 unspecified atom stereocenters. The maximum atomic E-state index is 11.3. The SMILES string of the molecule is CCCCS(=O)(=O)[O-].C[S+](C)CC(=O)C(C)(C)C. The number of hydrogen-bond donors (Lipinski definition) is 0. The van der Waals surface area contributed by atoms with Gasteiger partial charge in [-0.2, -0.15) is 0 Å². The number of carbonyl (C=O) groups is 1. The highest BCUT2D eigenvalue weighted by molar-refractivity contribution is 7.96. The van der Waals surface area contributed by atoms with Gasteiger partial charge in [-0.15, -0.1) is 0 Å². The number of hydrogen-bond acceptors (Lipinski definition) is 4. The van der Waals surface area contributed by atoms with Crippen molar-refractivity contribution in [2.75, 3.05) is 24.0 Å². The van der Waals surface area contributed by atoms with Gasteiger partial charge in [0.1, 0.15) is 0 Å². The molecule has 110 valence electrons. The van der Waals surface area contributed by atoms with E-state index >= 15 is 0 Å². The summed E-state index contributed by atoms with van der Waals surface area (Å²) in [7, 11) is -3.68. The van der Waals surface area contributed by atoms with Gasteiger partial charge in [-0.25, -0.2) is 8.42 Å². The Morgan fingerprint density at radius 1 is 1.22 bits per heavy atom. The molecule has 0 amide bonds. The fraction of sp³-hybridized carbons (Fsp3) is 0.917. The Bertz CT molecular complexity index is 326. The third-order valence-electron chi connectivity index (χ3n) is 2.00. The zero-order valence-electron chi connectivity index (χ0n) is 12.3. The van der Waals surface area contributed by atoms with Gasteiger partial charge in [0.05, 0.1) is 22.6 Å². The molecule has 0 aromatic carbocycles. The zero-order valence-corrected chi connectivity index (χ0v) is 13.9. The van der Waals surface area contributed by atoms with E-state index in [1.165, 1.54) is 0 Å². The van der Waals surface area contributed by atoms with Crippen LogP contribution in [0, 0.1) is 5.41 Å². The average molecular weight is 298 g/mol. The van der Waals surface area contributed by atoms with Crippen LogP contribution < -0.4 is 0 Å². The van der Waals surface area contributed by atoms with Crippen LogP contribution >= 0.6 is 0 Å². The molecule has 0 fully saturated rings. The molecular weight excluding hydrogens is 272 g/mol. The number of ketones is 1. The van der Waals surface area contributed by atoms with Crippen LogP contribution in [0.1, 0.15) is 40.5 Å². The topological polar surface area (TPSA) is 74.3 Å². The minimum Gasteiger partial charge on any atom is -0.748 e. The lowest BCUT2D eigenvalue weighted by atomic mass is 9.92. The van der Waals surface area contributed by atoms with Gasteiger partial charge in [0.25, 0.3) is 0 Å². The Morgan fingerprint density at radius 2 is 1.67 bits per heavy atom. The molecule has 0 saturated carbocycles. The van der Waals surface area contributed by atoms with E-state index in [9.17, 15) is 17.8 Å². The number of rotatable bonds is 5. The van der Waals surface area contributed by atoms with Crippen molar-refractivity contribution in [2.45, 2.75) is 40.5 Å². The van der Waals surface area contributed by atoms with Crippen LogP contribution in [-0.4, -0.2) is 42.8 Å². The van der Waals surface area contributed by atoms with Crippen LogP contribution in [0.5, 0.6) is 0 Å². The summed E-state index contributed by atoms with van der Waals surface area (Å²) in [6, 6.07) is 0. The van der Waals surface area contributed by atoms with Crippen LogP contribution in [0.15, 0.2) is 0 Å². The molecule has 0 spiro atoms. The van der Waals surface area contributed by atoms with Gasteiger partial charge in [-0.3, -0.25) is 4.79 Å². The lowest BCUT2D eigenvalue weighted by Gasteiger charge is -2.14. The van der Waals surface area contributed by atoms with Gasteiger partial charge in [0.15, 0.2) is 11.5 Å². The smallest absolute Gasteiger partial charge is 0.187 e. The predicted octanol–water partition coefficient (Wildman–Crippen LogP) is 1.81. The van der Waals surface area contributed by atoms with E-state index in [4.69, 9.17) is 0 Å². The summed E-state index contributed by atoms with van der Waals surface area (Å²) in [5, 5.41) is 0. The summed E-state index contributed by atoms with van der Waals surface area (Å²) >= 11 is 0. The van der Waals surface area contributed by atoms with Gasteiger partial charge >= 0.3 is 0 Å². The quantitative estimate of drug-likeness (QED) is 0.573. The van der Waals surface area contributed by atoms with Crippen LogP contribution in [0.3, 0.4) is 0 Å². The Morgan fingerprint density at radius 3 is 1.78 bits per heavy atom. The van der Waals surface area contributed by atoms with Crippen molar-refractivity contribution in [2.24, 2.45) is 5.41 Å². The minimum atomic E-state index is -3.94. The second-order valence-electron chi connectivity index (χ2n) is 5.42. The van der Waals surface area contributed by atoms with Crippen LogP contribution in [0.2, 0.25) is 0 Å². The molecule has 0 radical (unpaired) electrons. The van der Waals surface area contributed by atoms with E-state index in [1.807, 2.05) is 27.7 Å². The monoisotopic (exact) mass is 298 g/mol. The van der Waals surface area contributed by atoms with Gasteiger partial charge in [-0.05, 0) is 17.3 Å². The van der Waals surface area contributed by atoms with Gasteiger partial charge < -0.3 is 4.55 Å². The molecule has 0 aliphatic rings. The summed E-state index contributed by atoms with van der Waals surface area (Å²) in [6.45, 7) is 7.76. The van der Waals surface area contributed by atoms with Crippen molar-refractivity contribution >= 4 is 26.8 Å². The standard InChI is InChI=1S/C8H17OS.C4H10O3S/c1-8(2,3)7(9)6-10(4)5;1-2-3-4-8(5,6)7/h6H2,1-5H3;2-4H2,1H3,(H,5,6,7)/q+1;/p-1. The normalized spacial score (nSPS) is 12.0. The highest BCUT2D eigenvalue weighted by atomic mass is 32.2. The third kappa shape index (κ3) is 15.9. The van der Waals surface area contributed by atoms with Gasteiger partial charge in [0.2, 0.25) is 0 Å². The van der Waals surface area contributed by atoms with Crippen molar-refractivity contribution in [3.63, 3.8) is 0 Å². The maximum absolute atomic E-state index is 11.3. The fourth-order valence-corrected chi connectivity index (χ4v) is 2.40. The van der Waals surface area contributed by atoms with Crippen molar-refractivity contribution in [1.82, 2.24) is 0 Å². The summed E-state index contributed by atoms with van der Waals surface area (Å²) in [6.07, 6.45) is 5.43. The van der Waals surface area contributed by atoms with Gasteiger partial charge in [-0.1, -0.05) is 34.1 Å². The Labute approximate surface area is 115 Å². The van der Waals surface area contributed by atoms with Crippen molar-refractivity contribution in [3.8, 4) is 0 Å². The van der Waals surface area contributed by atoms with E-state index in [1.54, 1.807) is 0 Å². The largest absolute Gasteiger partial charge is 0.748 e. The van der Waals surface area contributed by atoms with Crippen molar-refractivity contribution in [3.05, 3.63) is 0 Å². The van der Waals surface area contributed by atoms with Crippen molar-refractivity contribution < 1.29 is 17.8 Å². The van der Waals surface area contributed by atoms with Crippen molar-refractivity contribution in [1.29, 1.82) is 0 Å². The first-order chi connectivity index (χ1) is 7.90. The molecule has 0 N–H and O–H groups in total. The van der Waals surface area contributed by atoms with Crippen LogP contribution in [0.4, 0.5) is 0 Å². The van der Waals surface area contributed by atoms with Crippen LogP contribution in [-0.2, 0) is 25.8 Å². The maximum Gasteiger partial charge on any atom is 0.187 e. The third-order valence-corrected chi connectivity index (χ3v) is 3.63. The molecule has 0 bridgehead atoms. The fourth-order valence-electron chi connectivity index (χ4n) is 0.800. The predicted molar refractivity (Wildman–Crippen MR) is 78.0 cm³/mol. The van der Waals surface area contributed by atoms with E-state index in [2.05, 4.69) is 12.5 Å². The molecule has 0 rings (SSSR count). The summed E-state index contributed by atoms with van der Waals surface area (Å²) < 4.78 is 29.5. The Kier molecular flexibility index (Phi) is 10.1. The molecule has 0 aromatic rings. The molecule has 0 aliphatic heterocycles. The second-order valence-corrected chi connectivity index (χ2v) is 9.20. The first-order valence-electron chi connectivity index (χ1n) is 5.91. The average Bonchev–Trinajstić information content (AvgIpc) is 2.12. The molecule has 0 saturated heterocycles. The number of carbonyl (C=O) groups excluding carboxylic acids is 1. The highest BCUT2D eigenvalue weighted by Crippen LogP contribution is 2.15. The second kappa shape index (κ2) is 8.93.